The van der Waals surface area contributed by atoms with Crippen LogP contribution in [-0.4, -0.2) is 105 Å². The number of piperidine rings is 1. The van der Waals surface area contributed by atoms with Crippen LogP contribution in [0, 0.1) is 11.6 Å². The molecule has 3 N–H and O–H groups in total. The Kier molecular flexibility index (Phi) is 8.94. The summed E-state index contributed by atoms with van der Waals surface area (Å²) in [7, 11) is 0. The maximum Gasteiger partial charge on any atom is 0.255 e. The molecular formula is C40H41F2N9O5. The molecule has 56 heavy (non-hydrogen) atoms. The molecule has 9 rings (SSSR count). The fourth-order valence-electron chi connectivity index (χ4n) is 8.82. The van der Waals surface area contributed by atoms with Crippen molar-refractivity contribution in [3.8, 4) is 22.9 Å². The number of phenolic OH excluding ortho intramolecular Hbond substituents is 1. The summed E-state index contributed by atoms with van der Waals surface area (Å²) < 4.78 is 34.7. The zero-order valence-electron chi connectivity index (χ0n) is 30.8. The zero-order valence-corrected chi connectivity index (χ0v) is 30.8. The number of ether oxygens (including phenoxy) is 1. The predicted octanol–water partition coefficient (Wildman–Crippen LogP) is 3.84. The van der Waals surface area contributed by atoms with E-state index in [-0.39, 0.29) is 41.1 Å². The SMILES string of the molecule is CC[C@@]12CNc3nnc(-c4cc(F)cc(F)c4O)cc3N1C[C@H](Oc1ccc(CN3CCN(c4ccc5c(c4)C(=O)N(C4CCC(=O)NC4=O)C5)CC3)cn1)C2. The molecule has 7 heterocycles. The number of halogens is 2. The first-order valence-corrected chi connectivity index (χ1v) is 19.0. The number of nitrogens with one attached hydrogen (secondary N) is 2. The van der Waals surface area contributed by atoms with E-state index in [0.29, 0.717) is 49.4 Å². The minimum Gasteiger partial charge on any atom is -0.504 e. The summed E-state index contributed by atoms with van der Waals surface area (Å²) in [6.07, 6.45) is 3.77. The first-order chi connectivity index (χ1) is 27.1. The highest BCUT2D eigenvalue weighted by molar-refractivity contribution is 6.05. The largest absolute Gasteiger partial charge is 0.504 e. The van der Waals surface area contributed by atoms with E-state index in [4.69, 9.17) is 4.74 Å². The van der Waals surface area contributed by atoms with Gasteiger partial charge in [0, 0.05) is 93.8 Å². The molecule has 3 amide bonds. The summed E-state index contributed by atoms with van der Waals surface area (Å²) in [5.74, 6) is -2.35. The number of rotatable bonds is 8. The maximum absolute atomic E-state index is 14.2. The number of amides is 3. The topological polar surface area (TPSA) is 156 Å². The van der Waals surface area contributed by atoms with E-state index in [1.165, 1.54) is 0 Å². The van der Waals surface area contributed by atoms with Crippen LogP contribution >= 0.6 is 0 Å². The third kappa shape index (κ3) is 6.40. The number of hydrogen-bond donors (Lipinski definition) is 3. The van der Waals surface area contributed by atoms with Crippen molar-refractivity contribution < 1.29 is 33.0 Å². The molecule has 2 aromatic heterocycles. The van der Waals surface area contributed by atoms with Gasteiger partial charge in [-0.1, -0.05) is 19.1 Å². The highest BCUT2D eigenvalue weighted by Gasteiger charge is 2.49. The minimum absolute atomic E-state index is 0.0676. The van der Waals surface area contributed by atoms with Gasteiger partial charge < -0.3 is 29.9 Å². The Hall–Kier alpha value is -5.90. The molecule has 0 bridgehead atoms. The normalized spacial score (nSPS) is 23.4. The van der Waals surface area contributed by atoms with Crippen molar-refractivity contribution in [3.05, 3.63) is 83.1 Å². The first kappa shape index (κ1) is 35.8. The first-order valence-electron chi connectivity index (χ1n) is 19.0. The number of pyridine rings is 1. The Balaban J connectivity index is 0.805. The summed E-state index contributed by atoms with van der Waals surface area (Å²) in [5.41, 5.74) is 4.09. The van der Waals surface area contributed by atoms with Crippen molar-refractivity contribution in [3.63, 3.8) is 0 Å². The number of fused-ring (bicyclic) bond motifs is 4. The summed E-state index contributed by atoms with van der Waals surface area (Å²) in [6.45, 7) is 7.63. The second-order valence-electron chi connectivity index (χ2n) is 15.2. The van der Waals surface area contributed by atoms with Crippen LogP contribution in [0.3, 0.4) is 0 Å². The number of anilines is 3. The number of carbonyl (C=O) groups is 3. The molecule has 3 saturated heterocycles. The second-order valence-corrected chi connectivity index (χ2v) is 15.2. The number of piperazine rings is 1. The van der Waals surface area contributed by atoms with E-state index in [2.05, 4.69) is 47.4 Å². The molecule has 0 radical (unpaired) electrons. The summed E-state index contributed by atoms with van der Waals surface area (Å²) in [5, 5.41) is 24.5. The number of phenols is 1. The molecule has 16 heteroatoms. The van der Waals surface area contributed by atoms with Gasteiger partial charge in [0.1, 0.15) is 18.0 Å². The molecule has 5 aliphatic rings. The van der Waals surface area contributed by atoms with Gasteiger partial charge in [-0.15, -0.1) is 10.2 Å². The number of carbonyl (C=O) groups excluding carboxylic acids is 3. The molecule has 0 aliphatic carbocycles. The monoisotopic (exact) mass is 765 g/mol. The molecular weight excluding hydrogens is 724 g/mol. The van der Waals surface area contributed by atoms with Crippen LogP contribution < -0.4 is 25.2 Å². The number of imide groups is 1. The maximum atomic E-state index is 14.2. The molecule has 1 unspecified atom stereocenters. The van der Waals surface area contributed by atoms with E-state index < -0.39 is 29.3 Å². The fraction of sp³-hybridized carbons (Fsp3) is 0.400. The van der Waals surface area contributed by atoms with E-state index in [1.54, 1.807) is 11.0 Å². The van der Waals surface area contributed by atoms with E-state index in [0.717, 1.165) is 74.1 Å². The Morgan fingerprint density at radius 3 is 2.61 bits per heavy atom. The van der Waals surface area contributed by atoms with Crippen LogP contribution in [0.2, 0.25) is 0 Å². The molecule has 3 atom stereocenters. The van der Waals surface area contributed by atoms with E-state index >= 15 is 0 Å². The van der Waals surface area contributed by atoms with Crippen molar-refractivity contribution in [2.45, 2.75) is 63.4 Å². The van der Waals surface area contributed by atoms with Gasteiger partial charge in [-0.2, -0.15) is 0 Å². The highest BCUT2D eigenvalue weighted by Crippen LogP contribution is 2.45. The molecule has 14 nitrogen and oxygen atoms in total. The van der Waals surface area contributed by atoms with Crippen molar-refractivity contribution in [1.82, 2.24) is 30.3 Å². The molecule has 5 aliphatic heterocycles. The van der Waals surface area contributed by atoms with Crippen molar-refractivity contribution in [1.29, 1.82) is 0 Å². The van der Waals surface area contributed by atoms with Gasteiger partial charge in [-0.25, -0.2) is 13.8 Å². The molecule has 4 aromatic rings. The quantitative estimate of drug-likeness (QED) is 0.223. The van der Waals surface area contributed by atoms with E-state index in [1.807, 2.05) is 36.5 Å². The van der Waals surface area contributed by atoms with Gasteiger partial charge in [0.2, 0.25) is 17.7 Å². The van der Waals surface area contributed by atoms with Gasteiger partial charge in [-0.05, 0) is 48.2 Å². The predicted molar refractivity (Wildman–Crippen MR) is 201 cm³/mol. The summed E-state index contributed by atoms with van der Waals surface area (Å²) in [4.78, 5) is 50.5. The van der Waals surface area contributed by atoms with Crippen LogP contribution in [0.25, 0.3) is 11.3 Å². The van der Waals surface area contributed by atoms with E-state index in [9.17, 15) is 28.3 Å². The molecule has 0 spiro atoms. The number of aromatic nitrogens is 3. The Labute approximate surface area is 321 Å². The lowest BCUT2D eigenvalue weighted by Gasteiger charge is -2.43. The second kappa shape index (κ2) is 14.0. The number of hydrogen-bond acceptors (Lipinski definition) is 12. The Bertz CT molecular complexity index is 2230. The zero-order chi connectivity index (χ0) is 38.7. The van der Waals surface area contributed by atoms with Crippen molar-refractivity contribution >= 4 is 34.9 Å². The van der Waals surface area contributed by atoms with Gasteiger partial charge >= 0.3 is 0 Å². The van der Waals surface area contributed by atoms with Gasteiger partial charge in [0.15, 0.2) is 17.4 Å². The van der Waals surface area contributed by atoms with Crippen LogP contribution in [0.15, 0.2) is 54.7 Å². The van der Waals surface area contributed by atoms with Crippen LogP contribution in [-0.2, 0) is 22.7 Å². The molecule has 290 valence electrons. The van der Waals surface area contributed by atoms with Crippen LogP contribution in [0.4, 0.5) is 26.0 Å². The Morgan fingerprint density at radius 2 is 1.84 bits per heavy atom. The lowest BCUT2D eigenvalue weighted by Crippen LogP contribution is -2.52. The standard InChI is InChI=1S/C40H41F2N9O5/c1-2-40-17-27(21-51(40)33-16-31(46-47-37(33)44-22-40)29-13-25(41)14-30(42)36(29)53)56-35-8-3-23(18-43-35)19-48-9-11-49(12-10-48)26-5-4-24-20-50(39(55)28(24)15-26)32-6-7-34(52)45-38(32)54/h3-5,8,13-16,18,27,32,53H,2,6-7,9-12,17,19-22H2,1H3,(H,44,47)(H,45,52,54)/t27-,32?,40-/m1/s1. The minimum atomic E-state index is -1.06. The average Bonchev–Trinajstić information content (AvgIpc) is 3.74. The number of nitrogens with zero attached hydrogens (tertiary/aromatic N) is 7. The third-order valence-electron chi connectivity index (χ3n) is 11.9. The number of benzene rings is 2. The molecule has 3 fully saturated rings. The average molecular weight is 766 g/mol. The lowest BCUT2D eigenvalue weighted by molar-refractivity contribution is -0.136. The highest BCUT2D eigenvalue weighted by atomic mass is 19.1. The van der Waals surface area contributed by atoms with Gasteiger partial charge in [0.25, 0.3) is 5.91 Å². The molecule has 0 saturated carbocycles. The van der Waals surface area contributed by atoms with Gasteiger partial charge in [-0.3, -0.25) is 24.6 Å². The third-order valence-corrected chi connectivity index (χ3v) is 11.9. The van der Waals surface area contributed by atoms with Gasteiger partial charge in [0.05, 0.1) is 23.5 Å². The molecule has 2 aromatic carbocycles. The van der Waals surface area contributed by atoms with Crippen molar-refractivity contribution in [2.24, 2.45) is 0 Å². The smallest absolute Gasteiger partial charge is 0.255 e. The summed E-state index contributed by atoms with van der Waals surface area (Å²) >= 11 is 0. The van der Waals surface area contributed by atoms with Crippen molar-refractivity contribution in [2.75, 3.05) is 54.4 Å². The van der Waals surface area contributed by atoms with Crippen LogP contribution in [0.1, 0.15) is 54.1 Å². The lowest BCUT2D eigenvalue weighted by atomic mass is 9.90. The number of aromatic hydroxyl groups is 1. The summed E-state index contributed by atoms with van der Waals surface area (Å²) in [6, 6.07) is 12.6. The van der Waals surface area contributed by atoms with Crippen LogP contribution in [0.5, 0.6) is 11.6 Å². The fourth-order valence-corrected chi connectivity index (χ4v) is 8.82. The Morgan fingerprint density at radius 1 is 1.00 bits per heavy atom.